The Morgan fingerprint density at radius 2 is 2.20 bits per heavy atom. The fourth-order valence-electron chi connectivity index (χ4n) is 2.45. The summed E-state index contributed by atoms with van der Waals surface area (Å²) in [4.78, 5) is 4.30. The van der Waals surface area contributed by atoms with Crippen LogP contribution in [0.15, 0.2) is 12.4 Å². The highest BCUT2D eigenvalue weighted by Gasteiger charge is 2.27. The maximum atomic E-state index is 4.30. The van der Waals surface area contributed by atoms with Crippen molar-refractivity contribution >= 4 is 0 Å². The van der Waals surface area contributed by atoms with Crippen LogP contribution in [0.1, 0.15) is 38.4 Å². The van der Waals surface area contributed by atoms with E-state index < -0.39 is 0 Å². The Morgan fingerprint density at radius 1 is 1.47 bits per heavy atom. The molecule has 3 heteroatoms. The number of rotatable bonds is 4. The van der Waals surface area contributed by atoms with E-state index >= 15 is 0 Å². The Hall–Kier alpha value is -0.830. The van der Waals surface area contributed by atoms with Gasteiger partial charge in [-0.25, -0.2) is 4.98 Å². The molecule has 1 N–H and O–H groups in total. The minimum atomic E-state index is 0.533. The molecule has 0 saturated heterocycles. The third kappa shape index (κ3) is 2.59. The highest BCUT2D eigenvalue weighted by atomic mass is 15.1. The van der Waals surface area contributed by atoms with Crippen LogP contribution in [-0.2, 0) is 13.6 Å². The van der Waals surface area contributed by atoms with Crippen LogP contribution in [0, 0.1) is 5.41 Å². The molecule has 1 aliphatic rings. The zero-order chi connectivity index (χ0) is 10.7. The van der Waals surface area contributed by atoms with Crippen LogP contribution in [0.5, 0.6) is 0 Å². The lowest BCUT2D eigenvalue weighted by molar-refractivity contribution is 0.312. The van der Waals surface area contributed by atoms with Gasteiger partial charge in [0.05, 0.1) is 6.54 Å². The number of hydrogen-bond donors (Lipinski definition) is 1. The lowest BCUT2D eigenvalue weighted by atomic mass is 9.89. The van der Waals surface area contributed by atoms with Crippen LogP contribution < -0.4 is 5.32 Å². The van der Waals surface area contributed by atoms with Gasteiger partial charge in [-0.05, 0) is 18.3 Å². The van der Waals surface area contributed by atoms with Crippen molar-refractivity contribution in [1.29, 1.82) is 0 Å². The maximum Gasteiger partial charge on any atom is 0.122 e. The summed E-state index contributed by atoms with van der Waals surface area (Å²) in [7, 11) is 2.04. The predicted octanol–water partition coefficient (Wildman–Crippen LogP) is 2.09. The first-order chi connectivity index (χ1) is 7.20. The number of nitrogens with one attached hydrogen (secondary N) is 1. The van der Waals surface area contributed by atoms with Gasteiger partial charge in [0, 0.05) is 26.0 Å². The molecule has 1 heterocycles. The zero-order valence-corrected chi connectivity index (χ0v) is 9.79. The highest BCUT2D eigenvalue weighted by Crippen LogP contribution is 2.36. The Balaban J connectivity index is 1.77. The highest BCUT2D eigenvalue weighted by molar-refractivity contribution is 4.91. The number of imidazole rings is 1. The molecule has 0 aromatic carbocycles. The van der Waals surface area contributed by atoms with Gasteiger partial charge in [-0.2, -0.15) is 0 Å². The molecule has 3 nitrogen and oxygen atoms in total. The molecule has 0 aliphatic heterocycles. The van der Waals surface area contributed by atoms with Crippen LogP contribution in [-0.4, -0.2) is 16.1 Å². The topological polar surface area (TPSA) is 29.9 Å². The molecule has 0 radical (unpaired) electrons. The van der Waals surface area contributed by atoms with Gasteiger partial charge in [-0.15, -0.1) is 0 Å². The Kier molecular flexibility index (Phi) is 3.10. The summed E-state index contributed by atoms with van der Waals surface area (Å²) in [6, 6.07) is 0. The summed E-state index contributed by atoms with van der Waals surface area (Å²) in [6.07, 6.45) is 9.41. The molecule has 0 unspecified atom stereocenters. The second-order valence-electron chi connectivity index (χ2n) is 5.08. The van der Waals surface area contributed by atoms with Gasteiger partial charge < -0.3 is 9.88 Å². The van der Waals surface area contributed by atoms with Gasteiger partial charge in [-0.3, -0.25) is 0 Å². The molecule has 84 valence electrons. The van der Waals surface area contributed by atoms with Crippen molar-refractivity contribution in [3.05, 3.63) is 18.2 Å². The first-order valence-corrected chi connectivity index (χ1v) is 5.87. The smallest absolute Gasteiger partial charge is 0.122 e. The first kappa shape index (κ1) is 10.7. The third-order valence-corrected chi connectivity index (χ3v) is 3.57. The summed E-state index contributed by atoms with van der Waals surface area (Å²) in [5.74, 6) is 1.12. The number of aromatic nitrogens is 2. The molecule has 0 bridgehead atoms. The maximum absolute atomic E-state index is 4.30. The predicted molar refractivity (Wildman–Crippen MR) is 61.5 cm³/mol. The molecular weight excluding hydrogens is 186 g/mol. The van der Waals surface area contributed by atoms with E-state index in [1.165, 1.54) is 25.7 Å². The van der Waals surface area contributed by atoms with Crippen LogP contribution >= 0.6 is 0 Å². The molecule has 1 fully saturated rings. The van der Waals surface area contributed by atoms with E-state index in [0.717, 1.165) is 18.9 Å². The fraction of sp³-hybridized carbons (Fsp3) is 0.750. The van der Waals surface area contributed by atoms with Crippen molar-refractivity contribution in [1.82, 2.24) is 14.9 Å². The summed E-state index contributed by atoms with van der Waals surface area (Å²) in [5, 5.41) is 3.53. The van der Waals surface area contributed by atoms with Crippen molar-refractivity contribution in [2.24, 2.45) is 12.5 Å². The van der Waals surface area contributed by atoms with Gasteiger partial charge in [0.2, 0.25) is 0 Å². The van der Waals surface area contributed by atoms with Crippen LogP contribution in [0.25, 0.3) is 0 Å². The normalized spacial score (nSPS) is 19.6. The lowest BCUT2D eigenvalue weighted by Crippen LogP contribution is -2.29. The second-order valence-corrected chi connectivity index (χ2v) is 5.08. The average Bonchev–Trinajstić information content (AvgIpc) is 2.78. The standard InChI is InChI=1S/C12H21N3/c1-12(5-3-4-6-12)10-13-9-11-14-7-8-15(11)2/h7-8,13H,3-6,9-10H2,1-2H3. The van der Waals surface area contributed by atoms with Crippen molar-refractivity contribution in [3.8, 4) is 0 Å². The zero-order valence-electron chi connectivity index (χ0n) is 9.79. The largest absolute Gasteiger partial charge is 0.337 e. The molecule has 1 aromatic rings. The molecule has 0 spiro atoms. The number of aryl methyl sites for hydroxylation is 1. The van der Waals surface area contributed by atoms with E-state index in [4.69, 9.17) is 0 Å². The summed E-state index contributed by atoms with van der Waals surface area (Å²) in [5.41, 5.74) is 0.533. The number of nitrogens with zero attached hydrogens (tertiary/aromatic N) is 2. The lowest BCUT2D eigenvalue weighted by Gasteiger charge is -2.23. The molecule has 1 saturated carbocycles. The molecule has 0 amide bonds. The van der Waals surface area contributed by atoms with Crippen molar-refractivity contribution in [3.63, 3.8) is 0 Å². The van der Waals surface area contributed by atoms with Gasteiger partial charge in [0.1, 0.15) is 5.82 Å². The molecule has 15 heavy (non-hydrogen) atoms. The van der Waals surface area contributed by atoms with E-state index in [0.29, 0.717) is 5.41 Å². The molecule has 1 aliphatic carbocycles. The van der Waals surface area contributed by atoms with Crippen LogP contribution in [0.2, 0.25) is 0 Å². The van der Waals surface area contributed by atoms with Gasteiger partial charge in [0.15, 0.2) is 0 Å². The summed E-state index contributed by atoms with van der Waals surface area (Å²) >= 11 is 0. The Labute approximate surface area is 91.9 Å². The quantitative estimate of drug-likeness (QED) is 0.819. The van der Waals surface area contributed by atoms with E-state index in [2.05, 4.69) is 21.8 Å². The minimum absolute atomic E-state index is 0.533. The Morgan fingerprint density at radius 3 is 2.80 bits per heavy atom. The summed E-state index contributed by atoms with van der Waals surface area (Å²) in [6.45, 7) is 4.41. The molecule has 2 rings (SSSR count). The molecule has 1 aromatic heterocycles. The Bertz CT molecular complexity index is 310. The van der Waals surface area contributed by atoms with Gasteiger partial charge in [-0.1, -0.05) is 19.8 Å². The second kappa shape index (κ2) is 4.35. The van der Waals surface area contributed by atoms with Gasteiger partial charge >= 0.3 is 0 Å². The van der Waals surface area contributed by atoms with E-state index in [9.17, 15) is 0 Å². The third-order valence-electron chi connectivity index (χ3n) is 3.57. The van der Waals surface area contributed by atoms with Crippen LogP contribution in [0.3, 0.4) is 0 Å². The minimum Gasteiger partial charge on any atom is -0.337 e. The first-order valence-electron chi connectivity index (χ1n) is 5.87. The van der Waals surface area contributed by atoms with E-state index in [1.54, 1.807) is 0 Å². The molecule has 0 atom stereocenters. The van der Waals surface area contributed by atoms with Crippen molar-refractivity contribution < 1.29 is 0 Å². The van der Waals surface area contributed by atoms with Gasteiger partial charge in [0.25, 0.3) is 0 Å². The van der Waals surface area contributed by atoms with E-state index in [-0.39, 0.29) is 0 Å². The monoisotopic (exact) mass is 207 g/mol. The summed E-state index contributed by atoms with van der Waals surface area (Å²) < 4.78 is 2.07. The molecular formula is C12H21N3. The SMILES string of the molecule is Cn1ccnc1CNCC1(C)CCCC1. The van der Waals surface area contributed by atoms with Crippen molar-refractivity contribution in [2.75, 3.05) is 6.54 Å². The average molecular weight is 207 g/mol. The number of hydrogen-bond acceptors (Lipinski definition) is 2. The fourth-order valence-corrected chi connectivity index (χ4v) is 2.45. The van der Waals surface area contributed by atoms with Crippen molar-refractivity contribution in [2.45, 2.75) is 39.2 Å². The van der Waals surface area contributed by atoms with E-state index in [1.807, 2.05) is 19.4 Å². The van der Waals surface area contributed by atoms with Crippen LogP contribution in [0.4, 0.5) is 0 Å².